The molecule has 308 valence electrons. The number of hydrogen-bond donors (Lipinski definition) is 7. The second-order valence-electron chi connectivity index (χ2n) is 14.4. The Hall–Kier alpha value is -4.53. The monoisotopic (exact) mass is 798 g/mol. The molecule has 6 rings (SSSR count). The highest BCUT2D eigenvalue weighted by Crippen LogP contribution is 2.52. The van der Waals surface area contributed by atoms with E-state index in [0.717, 1.165) is 17.4 Å². The van der Waals surface area contributed by atoms with Gasteiger partial charge >= 0.3 is 17.9 Å². The minimum Gasteiger partial charge on any atom is -0.478 e. The van der Waals surface area contributed by atoms with Crippen molar-refractivity contribution in [2.24, 2.45) is 11.8 Å². The van der Waals surface area contributed by atoms with Crippen molar-refractivity contribution in [2.45, 2.75) is 93.1 Å². The SMILES string of the molecule is C[C@]1(O[C@@H]2OC(COC(=O)/C=C/c3ccccc3)[C@@H](O)C(O)C2O)CCC2C(C(=O)O)=CO[C@@H](O[C@@H]3OC(COC(=O)/C=C/c4ccccc4)[C@H](O)C(O)C3O)C21. The average molecular weight is 799 g/mol. The fourth-order valence-corrected chi connectivity index (χ4v) is 7.41. The van der Waals surface area contributed by atoms with Gasteiger partial charge in [-0.1, -0.05) is 60.7 Å². The smallest absolute Gasteiger partial charge is 0.334 e. The van der Waals surface area contributed by atoms with E-state index in [2.05, 4.69) is 0 Å². The molecule has 14 atom stereocenters. The number of fused-ring (bicyclic) bond motifs is 1. The normalized spacial score (nSPS) is 36.6. The Morgan fingerprint density at radius 2 is 1.19 bits per heavy atom. The van der Waals surface area contributed by atoms with Gasteiger partial charge in [-0.3, -0.25) is 0 Å². The molecule has 2 aromatic carbocycles. The number of aliphatic hydroxyl groups excluding tert-OH is 6. The molecular weight excluding hydrogens is 752 g/mol. The van der Waals surface area contributed by atoms with Gasteiger partial charge in [-0.15, -0.1) is 0 Å². The van der Waals surface area contributed by atoms with Crippen LogP contribution < -0.4 is 0 Å². The van der Waals surface area contributed by atoms with Crippen molar-refractivity contribution in [1.29, 1.82) is 0 Å². The van der Waals surface area contributed by atoms with E-state index in [4.69, 9.17) is 33.2 Å². The molecule has 57 heavy (non-hydrogen) atoms. The molecule has 17 nitrogen and oxygen atoms in total. The Morgan fingerprint density at radius 3 is 1.70 bits per heavy atom. The van der Waals surface area contributed by atoms with E-state index in [9.17, 15) is 50.1 Å². The number of aliphatic carboxylic acids is 1. The van der Waals surface area contributed by atoms with Crippen LogP contribution in [0.4, 0.5) is 0 Å². The number of carboxylic acid groups (broad SMARTS) is 1. The number of carboxylic acids is 1. The first-order valence-electron chi connectivity index (χ1n) is 18.4. The second kappa shape index (κ2) is 18.4. The van der Waals surface area contributed by atoms with Gasteiger partial charge in [0.15, 0.2) is 12.6 Å². The maximum absolute atomic E-state index is 12.4. The van der Waals surface area contributed by atoms with Crippen LogP contribution in [-0.4, -0.2) is 140 Å². The van der Waals surface area contributed by atoms with Gasteiger partial charge in [0.25, 0.3) is 0 Å². The first-order chi connectivity index (χ1) is 27.3. The topological polar surface area (TPSA) is 257 Å². The van der Waals surface area contributed by atoms with Crippen molar-refractivity contribution in [3.05, 3.63) is 95.8 Å². The number of hydrogen-bond acceptors (Lipinski definition) is 16. The summed E-state index contributed by atoms with van der Waals surface area (Å²) < 4.78 is 40.2. The molecule has 3 aliphatic heterocycles. The lowest BCUT2D eigenvalue weighted by Crippen LogP contribution is -2.62. The summed E-state index contributed by atoms with van der Waals surface area (Å²) in [6, 6.07) is 17.9. The minimum absolute atomic E-state index is 0.130. The molecule has 1 aliphatic carbocycles. The zero-order valence-electron chi connectivity index (χ0n) is 30.7. The fraction of sp³-hybridized carbons (Fsp3) is 0.475. The molecule has 3 heterocycles. The highest BCUT2D eigenvalue weighted by molar-refractivity contribution is 5.88. The lowest BCUT2D eigenvalue weighted by atomic mass is 9.81. The van der Waals surface area contributed by atoms with E-state index in [1.54, 1.807) is 55.5 Å². The highest BCUT2D eigenvalue weighted by Gasteiger charge is 2.59. The van der Waals surface area contributed by atoms with Gasteiger partial charge in [-0.25, -0.2) is 14.4 Å². The summed E-state index contributed by atoms with van der Waals surface area (Å²) in [5.41, 5.74) is -0.111. The van der Waals surface area contributed by atoms with Gasteiger partial charge in [0.2, 0.25) is 6.29 Å². The molecule has 2 saturated heterocycles. The van der Waals surface area contributed by atoms with Crippen molar-refractivity contribution in [3.8, 4) is 0 Å². The van der Waals surface area contributed by atoms with Crippen molar-refractivity contribution in [1.82, 2.24) is 0 Å². The van der Waals surface area contributed by atoms with Gasteiger partial charge in [-0.2, -0.15) is 0 Å². The van der Waals surface area contributed by atoms with Gasteiger partial charge in [0.05, 0.1) is 23.4 Å². The first kappa shape index (κ1) is 42.1. The van der Waals surface area contributed by atoms with E-state index in [1.807, 2.05) is 12.1 Å². The van der Waals surface area contributed by atoms with E-state index in [-0.39, 0.29) is 18.4 Å². The van der Waals surface area contributed by atoms with E-state index >= 15 is 0 Å². The second-order valence-corrected chi connectivity index (χ2v) is 14.4. The fourth-order valence-electron chi connectivity index (χ4n) is 7.41. The van der Waals surface area contributed by atoms with Crippen LogP contribution in [0.2, 0.25) is 0 Å². The molecule has 4 aliphatic rings. The Balaban J connectivity index is 1.14. The molecule has 17 heteroatoms. The van der Waals surface area contributed by atoms with Crippen LogP contribution in [0.1, 0.15) is 30.9 Å². The summed E-state index contributed by atoms with van der Waals surface area (Å²) in [5, 5.41) is 74.7. The van der Waals surface area contributed by atoms with Crippen molar-refractivity contribution < 1.29 is 83.3 Å². The van der Waals surface area contributed by atoms with Gasteiger partial charge < -0.3 is 68.9 Å². The Labute approximate surface area is 326 Å². The van der Waals surface area contributed by atoms with Crippen LogP contribution in [-0.2, 0) is 47.5 Å². The number of ether oxygens (including phenoxy) is 7. The largest absolute Gasteiger partial charge is 0.478 e. The van der Waals surface area contributed by atoms with Crippen molar-refractivity contribution >= 4 is 30.1 Å². The minimum atomic E-state index is -1.85. The zero-order valence-corrected chi connectivity index (χ0v) is 30.7. The van der Waals surface area contributed by atoms with Gasteiger partial charge in [-0.05, 0) is 43.0 Å². The summed E-state index contributed by atoms with van der Waals surface area (Å²) in [4.78, 5) is 37.1. The van der Waals surface area contributed by atoms with Crippen LogP contribution in [0.15, 0.2) is 84.7 Å². The predicted octanol–water partition coefficient (Wildman–Crippen LogP) is 0.258. The number of carbonyl (C=O) groups is 3. The third-order valence-electron chi connectivity index (χ3n) is 10.6. The number of aliphatic hydroxyl groups is 6. The third-order valence-corrected chi connectivity index (χ3v) is 10.6. The van der Waals surface area contributed by atoms with Crippen LogP contribution >= 0.6 is 0 Å². The Kier molecular flexibility index (Phi) is 13.6. The van der Waals surface area contributed by atoms with Gasteiger partial charge in [0.1, 0.15) is 62.0 Å². The Morgan fingerprint density at radius 1 is 0.702 bits per heavy atom. The first-order valence-corrected chi connectivity index (χ1v) is 18.4. The highest BCUT2D eigenvalue weighted by atomic mass is 16.8. The summed E-state index contributed by atoms with van der Waals surface area (Å²) in [6.07, 6.45) is -11.5. The van der Waals surface area contributed by atoms with Crippen LogP contribution in [0.25, 0.3) is 12.2 Å². The summed E-state index contributed by atoms with van der Waals surface area (Å²) >= 11 is 0. The number of carbonyl (C=O) groups excluding carboxylic acids is 2. The molecule has 2 aromatic rings. The molecule has 1 saturated carbocycles. The molecule has 8 unspecified atom stereocenters. The predicted molar refractivity (Wildman–Crippen MR) is 194 cm³/mol. The standard InChI is InChI=1S/C40H46O17/c1-40(57-39-35(48)33(46)31(44)26(55-39)20-52-28(42)15-13-22-10-6-3-7-11-22)17-16-23-24(36(49)50)18-53-37(29(23)40)56-38-34(47)32(45)30(43)25(54-38)19-51-27(41)14-12-21-8-4-2-5-9-21/h2-15,18,23,25-26,29-35,37-39,43-48H,16-17,19-20H2,1H3,(H,49,50)/b14-12+,15-13+/t23?,25?,26?,29?,30-,31+,32?,33?,34?,35?,37-,38-,39-,40-/m0/s1. The number of benzene rings is 2. The number of esters is 2. The maximum Gasteiger partial charge on any atom is 0.334 e. The van der Waals surface area contributed by atoms with Crippen LogP contribution in [0.3, 0.4) is 0 Å². The molecule has 7 N–H and O–H groups in total. The molecule has 0 amide bonds. The molecule has 0 spiro atoms. The molecule has 0 bridgehead atoms. The van der Waals surface area contributed by atoms with E-state index in [0.29, 0.717) is 0 Å². The summed E-state index contributed by atoms with van der Waals surface area (Å²) in [5.74, 6) is -4.65. The quantitative estimate of drug-likeness (QED) is 0.106. The molecular formula is C40H46O17. The van der Waals surface area contributed by atoms with Crippen LogP contribution in [0.5, 0.6) is 0 Å². The van der Waals surface area contributed by atoms with E-state index in [1.165, 1.54) is 24.3 Å². The number of rotatable bonds is 13. The van der Waals surface area contributed by atoms with E-state index < -0.39 is 116 Å². The average Bonchev–Trinajstić information content (AvgIpc) is 3.56. The summed E-state index contributed by atoms with van der Waals surface area (Å²) in [7, 11) is 0. The lowest BCUT2D eigenvalue weighted by molar-refractivity contribution is -0.362. The van der Waals surface area contributed by atoms with Crippen molar-refractivity contribution in [2.75, 3.05) is 13.2 Å². The summed E-state index contributed by atoms with van der Waals surface area (Å²) in [6.45, 7) is 0.493. The third kappa shape index (κ3) is 9.78. The molecule has 3 fully saturated rings. The van der Waals surface area contributed by atoms with Crippen LogP contribution in [0, 0.1) is 11.8 Å². The Bertz CT molecular complexity index is 1780. The zero-order chi connectivity index (χ0) is 40.9. The molecule has 0 aromatic heterocycles. The van der Waals surface area contributed by atoms with Gasteiger partial charge in [0, 0.05) is 18.1 Å². The lowest BCUT2D eigenvalue weighted by Gasteiger charge is -2.47. The van der Waals surface area contributed by atoms with Crippen molar-refractivity contribution in [3.63, 3.8) is 0 Å². The maximum atomic E-state index is 12.4. The molecule has 0 radical (unpaired) electrons.